The van der Waals surface area contributed by atoms with Crippen LogP contribution in [0.1, 0.15) is 39.5 Å². The molecule has 2 aromatic rings. The summed E-state index contributed by atoms with van der Waals surface area (Å²) in [6.07, 6.45) is 0. The van der Waals surface area contributed by atoms with Crippen molar-refractivity contribution in [2.45, 2.75) is 34.3 Å². The number of carbonyl (C=O) groups excluding carboxylic acids is 1. The van der Waals surface area contributed by atoms with Crippen molar-refractivity contribution >= 4 is 5.78 Å². The molecule has 0 saturated carbocycles. The zero-order chi connectivity index (χ0) is 14.7. The van der Waals surface area contributed by atoms with Crippen LogP contribution in [-0.2, 0) is 6.61 Å². The van der Waals surface area contributed by atoms with Crippen molar-refractivity contribution in [2.75, 3.05) is 0 Å². The second kappa shape index (κ2) is 5.91. The summed E-state index contributed by atoms with van der Waals surface area (Å²) in [6.45, 7) is 8.21. The van der Waals surface area contributed by atoms with E-state index in [1.807, 2.05) is 31.2 Å². The highest BCUT2D eigenvalue weighted by Crippen LogP contribution is 2.24. The minimum absolute atomic E-state index is 0.0704. The van der Waals surface area contributed by atoms with Gasteiger partial charge in [-0.3, -0.25) is 4.79 Å². The van der Waals surface area contributed by atoms with Crippen LogP contribution < -0.4 is 4.74 Å². The number of carbonyl (C=O) groups is 1. The number of aryl methyl sites for hydroxylation is 3. The Kier molecular flexibility index (Phi) is 4.23. The average molecular weight is 268 g/mol. The predicted octanol–water partition coefficient (Wildman–Crippen LogP) is 4.39. The maximum absolute atomic E-state index is 11.6. The molecule has 0 saturated heterocycles. The number of ketones is 1. The van der Waals surface area contributed by atoms with E-state index in [-0.39, 0.29) is 5.78 Å². The molecule has 0 unspecified atom stereocenters. The van der Waals surface area contributed by atoms with Crippen molar-refractivity contribution in [1.29, 1.82) is 0 Å². The lowest BCUT2D eigenvalue weighted by Gasteiger charge is -2.13. The summed E-state index contributed by atoms with van der Waals surface area (Å²) in [5, 5.41) is 0. The molecule has 104 valence electrons. The summed E-state index contributed by atoms with van der Waals surface area (Å²) in [5.74, 6) is 0.951. The Morgan fingerprint density at radius 1 is 1.00 bits per heavy atom. The highest BCUT2D eigenvalue weighted by atomic mass is 16.5. The Labute approximate surface area is 120 Å². The number of benzene rings is 2. The first-order valence-corrected chi connectivity index (χ1v) is 6.78. The quantitative estimate of drug-likeness (QED) is 0.768. The summed E-state index contributed by atoms with van der Waals surface area (Å²) >= 11 is 0. The highest BCUT2D eigenvalue weighted by Gasteiger charge is 2.08. The third kappa shape index (κ3) is 3.08. The van der Waals surface area contributed by atoms with Crippen molar-refractivity contribution in [1.82, 2.24) is 0 Å². The second-order valence-electron chi connectivity index (χ2n) is 5.20. The van der Waals surface area contributed by atoms with Gasteiger partial charge in [-0.05, 0) is 50.5 Å². The van der Waals surface area contributed by atoms with Crippen LogP contribution in [0.4, 0.5) is 0 Å². The number of hydrogen-bond donors (Lipinski definition) is 0. The van der Waals surface area contributed by atoms with E-state index in [0.717, 1.165) is 22.4 Å². The highest BCUT2D eigenvalue weighted by molar-refractivity contribution is 5.95. The van der Waals surface area contributed by atoms with Gasteiger partial charge in [0.2, 0.25) is 0 Å². The van der Waals surface area contributed by atoms with Crippen molar-refractivity contribution in [3.63, 3.8) is 0 Å². The van der Waals surface area contributed by atoms with E-state index in [1.54, 1.807) is 6.92 Å². The van der Waals surface area contributed by atoms with Crippen LogP contribution in [0.5, 0.6) is 5.75 Å². The number of ether oxygens (including phenoxy) is 1. The van der Waals surface area contributed by atoms with Crippen LogP contribution in [0.15, 0.2) is 36.4 Å². The van der Waals surface area contributed by atoms with E-state index in [1.165, 1.54) is 11.1 Å². The molecular formula is C18H20O2. The van der Waals surface area contributed by atoms with Gasteiger partial charge in [0.1, 0.15) is 12.4 Å². The molecule has 0 amide bonds. The topological polar surface area (TPSA) is 26.3 Å². The van der Waals surface area contributed by atoms with Gasteiger partial charge in [0.25, 0.3) is 0 Å². The summed E-state index contributed by atoms with van der Waals surface area (Å²) in [4.78, 5) is 11.6. The molecular weight excluding hydrogens is 248 g/mol. The Morgan fingerprint density at radius 2 is 1.65 bits per heavy atom. The van der Waals surface area contributed by atoms with Crippen LogP contribution in [0.25, 0.3) is 0 Å². The first-order valence-electron chi connectivity index (χ1n) is 6.78. The molecule has 0 aliphatic carbocycles. The monoisotopic (exact) mass is 268 g/mol. The summed E-state index contributed by atoms with van der Waals surface area (Å²) in [5.41, 5.74) is 5.25. The minimum Gasteiger partial charge on any atom is -0.489 e. The van der Waals surface area contributed by atoms with Crippen LogP contribution in [0.3, 0.4) is 0 Å². The second-order valence-corrected chi connectivity index (χ2v) is 5.20. The molecule has 0 bridgehead atoms. The van der Waals surface area contributed by atoms with Gasteiger partial charge >= 0.3 is 0 Å². The van der Waals surface area contributed by atoms with Crippen molar-refractivity contribution in [3.05, 3.63) is 64.2 Å². The van der Waals surface area contributed by atoms with Gasteiger partial charge in [-0.1, -0.05) is 30.3 Å². The molecule has 20 heavy (non-hydrogen) atoms. The van der Waals surface area contributed by atoms with Crippen LogP contribution >= 0.6 is 0 Å². The number of hydrogen-bond acceptors (Lipinski definition) is 2. The largest absolute Gasteiger partial charge is 0.489 e. The molecule has 2 rings (SSSR count). The molecule has 0 aromatic heterocycles. The van der Waals surface area contributed by atoms with Crippen molar-refractivity contribution < 1.29 is 9.53 Å². The van der Waals surface area contributed by atoms with Crippen LogP contribution in [-0.4, -0.2) is 5.78 Å². The SMILES string of the molecule is CC(=O)c1ccccc1COc1cc(C)c(C)cc1C. The van der Waals surface area contributed by atoms with Gasteiger partial charge < -0.3 is 4.74 Å². The average Bonchev–Trinajstić information content (AvgIpc) is 2.41. The van der Waals surface area contributed by atoms with E-state index in [4.69, 9.17) is 4.74 Å². The molecule has 0 aliphatic rings. The lowest BCUT2D eigenvalue weighted by molar-refractivity contribution is 0.101. The van der Waals surface area contributed by atoms with Gasteiger partial charge in [-0.25, -0.2) is 0 Å². The van der Waals surface area contributed by atoms with E-state index >= 15 is 0 Å². The summed E-state index contributed by atoms with van der Waals surface area (Å²) in [7, 11) is 0. The van der Waals surface area contributed by atoms with Crippen LogP contribution in [0.2, 0.25) is 0 Å². The van der Waals surface area contributed by atoms with Crippen molar-refractivity contribution in [3.8, 4) is 5.75 Å². The van der Waals surface area contributed by atoms with E-state index in [0.29, 0.717) is 6.61 Å². The maximum Gasteiger partial charge on any atom is 0.160 e. The summed E-state index contributed by atoms with van der Waals surface area (Å²) < 4.78 is 5.90. The Balaban J connectivity index is 2.21. The number of rotatable bonds is 4. The molecule has 0 spiro atoms. The first-order chi connectivity index (χ1) is 9.49. The Bertz CT molecular complexity index is 642. The molecule has 0 N–H and O–H groups in total. The molecule has 0 radical (unpaired) electrons. The van der Waals surface area contributed by atoms with E-state index < -0.39 is 0 Å². The normalized spacial score (nSPS) is 10.4. The Hall–Kier alpha value is -2.09. The molecule has 2 aromatic carbocycles. The fourth-order valence-electron chi connectivity index (χ4n) is 2.23. The Morgan fingerprint density at radius 3 is 2.35 bits per heavy atom. The third-order valence-corrected chi connectivity index (χ3v) is 3.57. The smallest absolute Gasteiger partial charge is 0.160 e. The van der Waals surface area contributed by atoms with Gasteiger partial charge in [-0.2, -0.15) is 0 Å². The van der Waals surface area contributed by atoms with E-state index in [2.05, 4.69) is 26.0 Å². The lowest BCUT2D eigenvalue weighted by Crippen LogP contribution is -2.04. The molecule has 0 heterocycles. The van der Waals surface area contributed by atoms with Crippen molar-refractivity contribution in [2.24, 2.45) is 0 Å². The van der Waals surface area contributed by atoms with E-state index in [9.17, 15) is 4.79 Å². The lowest BCUT2D eigenvalue weighted by atomic mass is 10.0. The predicted molar refractivity (Wildman–Crippen MR) is 81.4 cm³/mol. The first kappa shape index (κ1) is 14.3. The zero-order valence-electron chi connectivity index (χ0n) is 12.5. The van der Waals surface area contributed by atoms with Gasteiger partial charge in [0.05, 0.1) is 0 Å². The number of Topliss-reactive ketones (excluding diaryl/α,β-unsaturated/α-hetero) is 1. The molecule has 0 aliphatic heterocycles. The minimum atomic E-state index is 0.0704. The fraction of sp³-hybridized carbons (Fsp3) is 0.278. The summed E-state index contributed by atoms with van der Waals surface area (Å²) in [6, 6.07) is 11.8. The third-order valence-electron chi connectivity index (χ3n) is 3.57. The molecule has 2 heteroatoms. The molecule has 0 fully saturated rings. The van der Waals surface area contributed by atoms with Gasteiger partial charge in [-0.15, -0.1) is 0 Å². The molecule has 2 nitrogen and oxygen atoms in total. The van der Waals surface area contributed by atoms with Gasteiger partial charge in [0.15, 0.2) is 5.78 Å². The zero-order valence-corrected chi connectivity index (χ0v) is 12.5. The molecule has 0 atom stereocenters. The van der Waals surface area contributed by atoms with Crippen LogP contribution in [0, 0.1) is 20.8 Å². The standard InChI is InChI=1S/C18H20O2/c1-12-9-14(3)18(10-13(12)2)20-11-16-7-5-6-8-17(16)15(4)19/h5-10H,11H2,1-4H3. The fourth-order valence-corrected chi connectivity index (χ4v) is 2.23. The van der Waals surface area contributed by atoms with Gasteiger partial charge in [0, 0.05) is 11.1 Å². The maximum atomic E-state index is 11.6.